The molecule has 0 aliphatic carbocycles. The standard InChI is InChI=1S/C12H12N4O3/c1-9(12(17)18)16(14-19)11-5-3-10(4-6-11)15-8-2-7-13-15/h2-9H,1H3,(H,17,18). The molecule has 0 saturated heterocycles. The lowest BCUT2D eigenvalue weighted by Crippen LogP contribution is -2.34. The molecular weight excluding hydrogens is 248 g/mol. The van der Waals surface area contributed by atoms with Crippen LogP contribution in [0.25, 0.3) is 5.69 Å². The molecule has 1 heterocycles. The van der Waals surface area contributed by atoms with Crippen LogP contribution in [-0.4, -0.2) is 26.9 Å². The first-order chi connectivity index (χ1) is 9.13. The zero-order valence-corrected chi connectivity index (χ0v) is 10.2. The third-order valence-electron chi connectivity index (χ3n) is 2.70. The molecule has 98 valence electrons. The predicted molar refractivity (Wildman–Crippen MR) is 68.9 cm³/mol. The van der Waals surface area contributed by atoms with Crippen molar-refractivity contribution in [2.45, 2.75) is 13.0 Å². The number of hydrogen-bond acceptors (Lipinski definition) is 4. The molecule has 0 amide bonds. The molecule has 0 saturated carbocycles. The van der Waals surface area contributed by atoms with E-state index >= 15 is 0 Å². The molecule has 2 rings (SSSR count). The Morgan fingerprint density at radius 3 is 2.58 bits per heavy atom. The molecule has 0 bridgehead atoms. The van der Waals surface area contributed by atoms with E-state index in [2.05, 4.69) is 10.4 Å². The van der Waals surface area contributed by atoms with Crippen molar-refractivity contribution < 1.29 is 9.90 Å². The zero-order chi connectivity index (χ0) is 13.8. The lowest BCUT2D eigenvalue weighted by atomic mass is 10.2. The van der Waals surface area contributed by atoms with Crippen molar-refractivity contribution in [3.05, 3.63) is 47.6 Å². The topological polar surface area (TPSA) is 87.8 Å². The van der Waals surface area contributed by atoms with E-state index in [1.165, 1.54) is 6.92 Å². The van der Waals surface area contributed by atoms with E-state index in [9.17, 15) is 9.70 Å². The second kappa shape index (κ2) is 5.30. The van der Waals surface area contributed by atoms with E-state index < -0.39 is 12.0 Å². The monoisotopic (exact) mass is 260 g/mol. The molecule has 0 aliphatic rings. The van der Waals surface area contributed by atoms with Gasteiger partial charge in [-0.15, -0.1) is 4.91 Å². The number of benzene rings is 1. The Morgan fingerprint density at radius 2 is 2.11 bits per heavy atom. The molecule has 1 N–H and O–H groups in total. The summed E-state index contributed by atoms with van der Waals surface area (Å²) in [5.41, 5.74) is 1.23. The van der Waals surface area contributed by atoms with Gasteiger partial charge in [0.05, 0.1) is 16.7 Å². The number of aliphatic carboxylic acids is 1. The number of rotatable bonds is 5. The Bertz CT molecular complexity index is 565. The molecule has 1 unspecified atom stereocenters. The fraction of sp³-hybridized carbons (Fsp3) is 0.167. The maximum atomic E-state index is 10.9. The van der Waals surface area contributed by atoms with E-state index in [0.717, 1.165) is 10.7 Å². The van der Waals surface area contributed by atoms with Gasteiger partial charge in [-0.2, -0.15) is 5.10 Å². The summed E-state index contributed by atoms with van der Waals surface area (Å²) in [5.74, 6) is -1.12. The number of hydrogen-bond donors (Lipinski definition) is 1. The van der Waals surface area contributed by atoms with Crippen LogP contribution in [0.3, 0.4) is 0 Å². The minimum Gasteiger partial charge on any atom is -0.480 e. The summed E-state index contributed by atoms with van der Waals surface area (Å²) in [4.78, 5) is 21.6. The third kappa shape index (κ3) is 2.59. The van der Waals surface area contributed by atoms with Crippen LogP contribution in [0.2, 0.25) is 0 Å². The molecule has 1 atom stereocenters. The lowest BCUT2D eigenvalue weighted by molar-refractivity contribution is -0.138. The molecule has 1 aromatic carbocycles. The number of anilines is 1. The number of nitroso groups, excluding NO2 is 1. The van der Waals surface area contributed by atoms with Crippen molar-refractivity contribution in [2.24, 2.45) is 5.29 Å². The molecule has 2 aromatic rings. The molecule has 0 aliphatic heterocycles. The highest BCUT2D eigenvalue weighted by atomic mass is 16.4. The van der Waals surface area contributed by atoms with Gasteiger partial charge in [0.1, 0.15) is 6.04 Å². The third-order valence-corrected chi connectivity index (χ3v) is 2.70. The van der Waals surface area contributed by atoms with Crippen LogP contribution in [0, 0.1) is 4.91 Å². The quantitative estimate of drug-likeness (QED) is 0.654. The molecule has 0 fully saturated rings. The zero-order valence-electron chi connectivity index (χ0n) is 10.2. The molecule has 19 heavy (non-hydrogen) atoms. The number of carboxylic acids is 1. The van der Waals surface area contributed by atoms with Crippen molar-refractivity contribution >= 4 is 11.7 Å². The number of aromatic nitrogens is 2. The second-order valence-corrected chi connectivity index (χ2v) is 3.91. The van der Waals surface area contributed by atoms with E-state index in [0.29, 0.717) is 5.69 Å². The summed E-state index contributed by atoms with van der Waals surface area (Å²) in [6.07, 6.45) is 3.43. The maximum absolute atomic E-state index is 10.9. The summed E-state index contributed by atoms with van der Waals surface area (Å²) in [7, 11) is 0. The molecule has 0 radical (unpaired) electrons. The predicted octanol–water partition coefficient (Wildman–Crippen LogP) is 1.83. The molecule has 7 nitrogen and oxygen atoms in total. The van der Waals surface area contributed by atoms with Crippen LogP contribution in [0.4, 0.5) is 5.69 Å². The van der Waals surface area contributed by atoms with Gasteiger partial charge < -0.3 is 5.11 Å². The Labute approximate surface area is 109 Å². The number of carboxylic acid groups (broad SMARTS) is 1. The van der Waals surface area contributed by atoms with Crippen LogP contribution in [0.1, 0.15) is 6.92 Å². The van der Waals surface area contributed by atoms with E-state index in [1.807, 2.05) is 0 Å². The molecule has 0 spiro atoms. The minimum atomic E-state index is -1.12. The first-order valence-corrected chi connectivity index (χ1v) is 5.59. The van der Waals surface area contributed by atoms with Crippen molar-refractivity contribution in [3.8, 4) is 5.69 Å². The highest BCUT2D eigenvalue weighted by Gasteiger charge is 2.22. The normalized spacial score (nSPS) is 11.8. The molecule has 7 heteroatoms. The SMILES string of the molecule is CC(C(=O)O)N(N=O)c1ccc(-n2cccn2)cc1. The summed E-state index contributed by atoms with van der Waals surface area (Å²) in [5, 5.41) is 16.6. The van der Waals surface area contributed by atoms with Gasteiger partial charge in [0.2, 0.25) is 0 Å². The summed E-state index contributed by atoms with van der Waals surface area (Å²) < 4.78 is 1.66. The first-order valence-electron chi connectivity index (χ1n) is 5.59. The molecule has 1 aromatic heterocycles. The Morgan fingerprint density at radius 1 is 1.42 bits per heavy atom. The van der Waals surface area contributed by atoms with Gasteiger partial charge in [0.15, 0.2) is 0 Å². The van der Waals surface area contributed by atoms with Crippen molar-refractivity contribution in [2.75, 3.05) is 5.01 Å². The summed E-state index contributed by atoms with van der Waals surface area (Å²) in [6, 6.07) is 7.48. The highest BCUT2D eigenvalue weighted by Crippen LogP contribution is 2.19. The largest absolute Gasteiger partial charge is 0.480 e. The van der Waals surface area contributed by atoms with Crippen LogP contribution < -0.4 is 5.01 Å². The van der Waals surface area contributed by atoms with E-state index in [1.54, 1.807) is 47.4 Å². The van der Waals surface area contributed by atoms with Crippen molar-refractivity contribution in [3.63, 3.8) is 0 Å². The lowest BCUT2D eigenvalue weighted by Gasteiger charge is -2.19. The summed E-state index contributed by atoms with van der Waals surface area (Å²) >= 11 is 0. The Hall–Kier alpha value is -2.70. The Balaban J connectivity index is 2.26. The average Bonchev–Trinajstić information content (AvgIpc) is 2.94. The maximum Gasteiger partial charge on any atom is 0.328 e. The van der Waals surface area contributed by atoms with Gasteiger partial charge in [0, 0.05) is 12.4 Å². The van der Waals surface area contributed by atoms with Crippen molar-refractivity contribution in [1.82, 2.24) is 9.78 Å². The Kier molecular flexibility index (Phi) is 3.56. The number of carbonyl (C=O) groups is 1. The minimum absolute atomic E-state index is 0.417. The number of nitrogens with zero attached hydrogens (tertiary/aromatic N) is 4. The summed E-state index contributed by atoms with van der Waals surface area (Å²) in [6.45, 7) is 1.39. The van der Waals surface area contributed by atoms with Gasteiger partial charge in [0.25, 0.3) is 0 Å². The van der Waals surface area contributed by atoms with Gasteiger partial charge in [-0.1, -0.05) is 0 Å². The average molecular weight is 260 g/mol. The van der Waals surface area contributed by atoms with Crippen molar-refractivity contribution in [1.29, 1.82) is 0 Å². The molecular formula is C12H12N4O3. The van der Waals surface area contributed by atoms with Crippen LogP contribution in [-0.2, 0) is 4.79 Å². The first kappa shape index (κ1) is 12.7. The van der Waals surface area contributed by atoms with E-state index in [-0.39, 0.29) is 0 Å². The van der Waals surface area contributed by atoms with Gasteiger partial charge in [-0.3, -0.25) is 0 Å². The van der Waals surface area contributed by atoms with Crippen LogP contribution in [0.5, 0.6) is 0 Å². The fourth-order valence-electron chi connectivity index (χ4n) is 1.63. The van der Waals surface area contributed by atoms with Gasteiger partial charge in [-0.25, -0.2) is 14.5 Å². The van der Waals surface area contributed by atoms with Gasteiger partial charge in [-0.05, 0) is 37.3 Å². The fourth-order valence-corrected chi connectivity index (χ4v) is 1.63. The van der Waals surface area contributed by atoms with Crippen LogP contribution in [0.15, 0.2) is 48.0 Å². The van der Waals surface area contributed by atoms with Gasteiger partial charge >= 0.3 is 5.97 Å². The smallest absolute Gasteiger partial charge is 0.328 e. The van der Waals surface area contributed by atoms with Crippen LogP contribution >= 0.6 is 0 Å². The highest BCUT2D eigenvalue weighted by molar-refractivity contribution is 5.77. The second-order valence-electron chi connectivity index (χ2n) is 3.91. The van der Waals surface area contributed by atoms with E-state index in [4.69, 9.17) is 5.11 Å².